The SMILES string of the molecule is CCC(C(=O)N1CCOCC1)n1ccc2cc(S(=O)(=O)N3CCCCC3)ccc21. The minimum atomic E-state index is -3.47. The molecule has 2 aromatic rings. The first kappa shape index (κ1) is 20.4. The van der Waals surface area contributed by atoms with E-state index in [9.17, 15) is 13.2 Å². The smallest absolute Gasteiger partial charge is 0.245 e. The summed E-state index contributed by atoms with van der Waals surface area (Å²) < 4.78 is 34.9. The fourth-order valence-electron chi connectivity index (χ4n) is 4.31. The van der Waals surface area contributed by atoms with Crippen LogP contribution in [-0.4, -0.2) is 67.5 Å². The maximum atomic E-state index is 13.1. The number of piperidine rings is 1. The van der Waals surface area contributed by atoms with E-state index >= 15 is 0 Å². The van der Waals surface area contributed by atoms with E-state index in [1.54, 1.807) is 16.4 Å². The highest BCUT2D eigenvalue weighted by molar-refractivity contribution is 7.89. The topological polar surface area (TPSA) is 71.8 Å². The zero-order valence-electron chi connectivity index (χ0n) is 16.9. The lowest BCUT2D eigenvalue weighted by Crippen LogP contribution is -2.44. The van der Waals surface area contributed by atoms with Gasteiger partial charge in [-0.1, -0.05) is 13.3 Å². The molecule has 0 radical (unpaired) electrons. The number of aromatic nitrogens is 1. The Morgan fingerprint density at radius 2 is 1.79 bits per heavy atom. The fourth-order valence-corrected chi connectivity index (χ4v) is 5.87. The van der Waals surface area contributed by atoms with Crippen molar-refractivity contribution in [2.45, 2.75) is 43.5 Å². The van der Waals surface area contributed by atoms with E-state index in [0.29, 0.717) is 50.7 Å². The number of sulfonamides is 1. The van der Waals surface area contributed by atoms with E-state index in [0.717, 1.165) is 30.2 Å². The number of ether oxygens (including phenoxy) is 1. The highest BCUT2D eigenvalue weighted by Gasteiger charge is 2.28. The number of benzene rings is 1. The summed E-state index contributed by atoms with van der Waals surface area (Å²) in [4.78, 5) is 15.2. The molecule has 1 aromatic heterocycles. The van der Waals surface area contributed by atoms with Crippen molar-refractivity contribution in [3.8, 4) is 0 Å². The van der Waals surface area contributed by atoms with Crippen LogP contribution in [0.4, 0.5) is 0 Å². The fraction of sp³-hybridized carbons (Fsp3) is 0.571. The third-order valence-corrected chi connectivity index (χ3v) is 7.87. The van der Waals surface area contributed by atoms with Crippen LogP contribution in [0.3, 0.4) is 0 Å². The maximum Gasteiger partial charge on any atom is 0.245 e. The second kappa shape index (κ2) is 8.45. The molecule has 1 unspecified atom stereocenters. The largest absolute Gasteiger partial charge is 0.378 e. The number of carbonyl (C=O) groups excluding carboxylic acids is 1. The Labute approximate surface area is 172 Å². The minimum absolute atomic E-state index is 0.0957. The molecule has 4 rings (SSSR count). The molecule has 0 saturated carbocycles. The number of carbonyl (C=O) groups is 1. The Balaban J connectivity index is 1.63. The average Bonchev–Trinajstić information content (AvgIpc) is 3.18. The molecular weight excluding hydrogens is 390 g/mol. The van der Waals surface area contributed by atoms with E-state index in [4.69, 9.17) is 4.74 Å². The van der Waals surface area contributed by atoms with E-state index in [-0.39, 0.29) is 11.9 Å². The van der Waals surface area contributed by atoms with Crippen LogP contribution in [0, 0.1) is 0 Å². The van der Waals surface area contributed by atoms with Gasteiger partial charge in [0.15, 0.2) is 0 Å². The van der Waals surface area contributed by atoms with Gasteiger partial charge in [0, 0.05) is 43.3 Å². The standard InChI is InChI=1S/C21H29N3O4S/c1-2-19(21(25)22-12-14-28-15-13-22)24-11-8-17-16-18(6-7-20(17)24)29(26,27)23-9-4-3-5-10-23/h6-8,11,16,19H,2-5,9-10,12-15H2,1H3. The van der Waals surface area contributed by atoms with Gasteiger partial charge >= 0.3 is 0 Å². The summed E-state index contributed by atoms with van der Waals surface area (Å²) in [6.07, 6.45) is 5.49. The molecule has 2 aliphatic rings. The van der Waals surface area contributed by atoms with Gasteiger partial charge in [-0.3, -0.25) is 4.79 Å². The van der Waals surface area contributed by atoms with Crippen molar-refractivity contribution in [1.82, 2.24) is 13.8 Å². The van der Waals surface area contributed by atoms with Crippen LogP contribution in [0.1, 0.15) is 38.6 Å². The lowest BCUT2D eigenvalue weighted by Gasteiger charge is -2.31. The summed E-state index contributed by atoms with van der Waals surface area (Å²) in [5.74, 6) is 0.0957. The first-order valence-corrected chi connectivity index (χ1v) is 11.9. The third-order valence-electron chi connectivity index (χ3n) is 5.97. The van der Waals surface area contributed by atoms with Crippen molar-refractivity contribution >= 4 is 26.8 Å². The Morgan fingerprint density at radius 1 is 1.07 bits per heavy atom. The molecule has 2 aliphatic heterocycles. The summed E-state index contributed by atoms with van der Waals surface area (Å²) in [6.45, 7) is 5.57. The predicted molar refractivity (Wildman–Crippen MR) is 111 cm³/mol. The van der Waals surface area contributed by atoms with Crippen molar-refractivity contribution in [2.75, 3.05) is 39.4 Å². The Morgan fingerprint density at radius 3 is 2.48 bits per heavy atom. The molecule has 2 fully saturated rings. The molecule has 8 heteroatoms. The molecular formula is C21H29N3O4S. The molecule has 0 bridgehead atoms. The van der Waals surface area contributed by atoms with Gasteiger partial charge in [-0.05, 0) is 43.5 Å². The Bertz CT molecular complexity index is 973. The first-order valence-electron chi connectivity index (χ1n) is 10.5. The van der Waals surface area contributed by atoms with Crippen molar-refractivity contribution in [3.05, 3.63) is 30.5 Å². The lowest BCUT2D eigenvalue weighted by molar-refractivity contribution is -0.138. The highest BCUT2D eigenvalue weighted by atomic mass is 32.2. The summed E-state index contributed by atoms with van der Waals surface area (Å²) in [5.41, 5.74) is 0.885. The van der Waals surface area contributed by atoms with Crippen LogP contribution in [-0.2, 0) is 19.6 Å². The first-order chi connectivity index (χ1) is 14.0. The number of morpholine rings is 1. The Kier molecular flexibility index (Phi) is 5.94. The predicted octanol–water partition coefficient (Wildman–Crippen LogP) is 2.63. The van der Waals surface area contributed by atoms with Crippen molar-refractivity contribution in [1.29, 1.82) is 0 Å². The van der Waals surface area contributed by atoms with Gasteiger partial charge in [-0.25, -0.2) is 8.42 Å². The van der Waals surface area contributed by atoms with Crippen LogP contribution in [0.25, 0.3) is 10.9 Å². The van der Waals surface area contributed by atoms with Crippen molar-refractivity contribution in [2.24, 2.45) is 0 Å². The van der Waals surface area contributed by atoms with E-state index < -0.39 is 10.0 Å². The van der Waals surface area contributed by atoms with E-state index in [2.05, 4.69) is 0 Å². The zero-order chi connectivity index (χ0) is 20.4. The van der Waals surface area contributed by atoms with Gasteiger partial charge < -0.3 is 14.2 Å². The zero-order valence-corrected chi connectivity index (χ0v) is 17.7. The third kappa shape index (κ3) is 3.93. The summed E-state index contributed by atoms with van der Waals surface area (Å²) in [7, 11) is -3.47. The van der Waals surface area contributed by atoms with Gasteiger partial charge in [-0.2, -0.15) is 4.31 Å². The monoisotopic (exact) mass is 419 g/mol. The molecule has 1 aromatic carbocycles. The van der Waals surface area contributed by atoms with Gasteiger partial charge in [0.2, 0.25) is 15.9 Å². The van der Waals surface area contributed by atoms with Gasteiger partial charge in [-0.15, -0.1) is 0 Å². The quantitative estimate of drug-likeness (QED) is 0.747. The summed E-state index contributed by atoms with van der Waals surface area (Å²) >= 11 is 0. The molecule has 29 heavy (non-hydrogen) atoms. The number of amides is 1. The van der Waals surface area contributed by atoms with E-state index in [1.165, 1.54) is 0 Å². The summed E-state index contributed by atoms with van der Waals surface area (Å²) in [5, 5.41) is 0.844. The molecule has 7 nitrogen and oxygen atoms in total. The molecule has 0 spiro atoms. The maximum absolute atomic E-state index is 13.1. The average molecular weight is 420 g/mol. The molecule has 3 heterocycles. The minimum Gasteiger partial charge on any atom is -0.378 e. The molecule has 2 saturated heterocycles. The van der Waals surface area contributed by atoms with Crippen LogP contribution < -0.4 is 0 Å². The van der Waals surface area contributed by atoms with Gasteiger partial charge in [0.25, 0.3) is 0 Å². The molecule has 0 N–H and O–H groups in total. The van der Waals surface area contributed by atoms with Crippen LogP contribution in [0.5, 0.6) is 0 Å². The number of hydrogen-bond acceptors (Lipinski definition) is 4. The number of rotatable bonds is 5. The summed E-state index contributed by atoms with van der Waals surface area (Å²) in [6, 6.07) is 6.85. The van der Waals surface area contributed by atoms with Crippen LogP contribution in [0.2, 0.25) is 0 Å². The lowest BCUT2D eigenvalue weighted by atomic mass is 10.1. The van der Waals surface area contributed by atoms with Gasteiger partial charge in [0.05, 0.1) is 18.1 Å². The second-order valence-corrected chi connectivity index (χ2v) is 9.71. The molecule has 0 aliphatic carbocycles. The number of hydrogen-bond donors (Lipinski definition) is 0. The van der Waals surface area contributed by atoms with Gasteiger partial charge in [0.1, 0.15) is 6.04 Å². The van der Waals surface area contributed by atoms with Crippen molar-refractivity contribution in [3.63, 3.8) is 0 Å². The normalized spacial score (nSPS) is 20.1. The van der Waals surface area contributed by atoms with Crippen molar-refractivity contribution < 1.29 is 17.9 Å². The number of nitrogens with zero attached hydrogens (tertiary/aromatic N) is 3. The molecule has 1 amide bonds. The van der Waals surface area contributed by atoms with Crippen LogP contribution >= 0.6 is 0 Å². The Hall–Kier alpha value is -1.90. The molecule has 1 atom stereocenters. The number of fused-ring (bicyclic) bond motifs is 1. The second-order valence-electron chi connectivity index (χ2n) is 7.77. The molecule has 158 valence electrons. The highest BCUT2D eigenvalue weighted by Crippen LogP contribution is 2.28. The van der Waals surface area contributed by atoms with Crippen LogP contribution in [0.15, 0.2) is 35.4 Å². The van der Waals surface area contributed by atoms with E-state index in [1.807, 2.05) is 34.7 Å².